The standard InChI is InChI=1S/C14H12N4O2S/c15-7-12-13(17-4-3-16-12)20-11-1-5-18(8-11)14(19)10-2-6-21-9-10/h2-4,6,9,11H,1,5,8H2/t11-/m1/s1. The molecule has 106 valence electrons. The topological polar surface area (TPSA) is 79.1 Å². The van der Waals surface area contributed by atoms with Crippen molar-refractivity contribution in [3.8, 4) is 11.9 Å². The van der Waals surface area contributed by atoms with Gasteiger partial charge in [-0.05, 0) is 11.4 Å². The average molecular weight is 300 g/mol. The second-order valence-electron chi connectivity index (χ2n) is 4.61. The lowest BCUT2D eigenvalue weighted by atomic mass is 10.3. The molecule has 1 aliphatic rings. The molecule has 1 aliphatic heterocycles. The van der Waals surface area contributed by atoms with E-state index in [-0.39, 0.29) is 23.6 Å². The molecule has 1 fully saturated rings. The first-order valence-electron chi connectivity index (χ1n) is 6.47. The Balaban J connectivity index is 1.65. The zero-order valence-corrected chi connectivity index (χ0v) is 11.9. The van der Waals surface area contributed by atoms with Gasteiger partial charge in [0.2, 0.25) is 5.69 Å². The van der Waals surface area contributed by atoms with Crippen molar-refractivity contribution in [2.75, 3.05) is 13.1 Å². The van der Waals surface area contributed by atoms with Crippen LogP contribution in [0.1, 0.15) is 22.5 Å². The fraction of sp³-hybridized carbons (Fsp3) is 0.286. The van der Waals surface area contributed by atoms with Gasteiger partial charge in [0.05, 0.1) is 12.1 Å². The molecule has 0 spiro atoms. The summed E-state index contributed by atoms with van der Waals surface area (Å²) >= 11 is 1.50. The third-order valence-corrected chi connectivity index (χ3v) is 3.93. The van der Waals surface area contributed by atoms with Crippen molar-refractivity contribution in [2.24, 2.45) is 0 Å². The highest BCUT2D eigenvalue weighted by Gasteiger charge is 2.29. The fourth-order valence-corrected chi connectivity index (χ4v) is 2.85. The first-order chi connectivity index (χ1) is 10.3. The number of carbonyl (C=O) groups is 1. The van der Waals surface area contributed by atoms with Crippen molar-refractivity contribution >= 4 is 17.2 Å². The summed E-state index contributed by atoms with van der Waals surface area (Å²) in [6.45, 7) is 1.14. The van der Waals surface area contributed by atoms with Crippen molar-refractivity contribution in [3.05, 3.63) is 40.5 Å². The molecule has 0 radical (unpaired) electrons. The monoisotopic (exact) mass is 300 g/mol. The van der Waals surface area contributed by atoms with E-state index in [0.29, 0.717) is 18.7 Å². The molecule has 1 amide bonds. The van der Waals surface area contributed by atoms with E-state index in [2.05, 4.69) is 9.97 Å². The highest BCUT2D eigenvalue weighted by molar-refractivity contribution is 7.08. The third-order valence-electron chi connectivity index (χ3n) is 3.25. The maximum atomic E-state index is 12.2. The van der Waals surface area contributed by atoms with Crippen molar-refractivity contribution in [1.29, 1.82) is 5.26 Å². The number of nitrogens with zero attached hydrogens (tertiary/aromatic N) is 4. The van der Waals surface area contributed by atoms with E-state index >= 15 is 0 Å². The summed E-state index contributed by atoms with van der Waals surface area (Å²) in [5, 5.41) is 12.7. The predicted octanol–water partition coefficient (Wildman–Crippen LogP) is 1.70. The van der Waals surface area contributed by atoms with Crippen LogP contribution in [0.4, 0.5) is 0 Å². The number of ether oxygens (including phenoxy) is 1. The van der Waals surface area contributed by atoms with Crippen LogP contribution in [-0.4, -0.2) is 40.0 Å². The molecular weight excluding hydrogens is 288 g/mol. The molecule has 6 nitrogen and oxygen atoms in total. The summed E-state index contributed by atoms with van der Waals surface area (Å²) in [5.41, 5.74) is 0.873. The van der Waals surface area contributed by atoms with Crippen LogP contribution < -0.4 is 4.74 Å². The van der Waals surface area contributed by atoms with Crippen molar-refractivity contribution < 1.29 is 9.53 Å². The summed E-state index contributed by atoms with van der Waals surface area (Å²) in [7, 11) is 0. The zero-order chi connectivity index (χ0) is 14.7. The van der Waals surface area contributed by atoms with E-state index in [1.54, 1.807) is 4.90 Å². The number of rotatable bonds is 3. The predicted molar refractivity (Wildman–Crippen MR) is 76.0 cm³/mol. The number of carbonyl (C=O) groups excluding carboxylic acids is 1. The van der Waals surface area contributed by atoms with E-state index < -0.39 is 0 Å². The minimum absolute atomic E-state index is 0.0157. The number of amides is 1. The first kappa shape index (κ1) is 13.5. The van der Waals surface area contributed by atoms with E-state index in [0.717, 1.165) is 6.42 Å². The summed E-state index contributed by atoms with van der Waals surface area (Å²) in [5.74, 6) is 0.247. The number of aromatic nitrogens is 2. The van der Waals surface area contributed by atoms with E-state index in [4.69, 9.17) is 10.00 Å². The van der Waals surface area contributed by atoms with Gasteiger partial charge in [-0.25, -0.2) is 9.97 Å². The molecule has 3 heterocycles. The Bertz CT molecular complexity index is 681. The van der Waals surface area contributed by atoms with Crippen LogP contribution in [0, 0.1) is 11.3 Å². The highest BCUT2D eigenvalue weighted by atomic mass is 32.1. The van der Waals surface area contributed by atoms with Gasteiger partial charge in [-0.2, -0.15) is 16.6 Å². The third kappa shape index (κ3) is 2.85. The normalized spacial score (nSPS) is 17.5. The summed E-state index contributed by atoms with van der Waals surface area (Å²) in [6.07, 6.45) is 3.50. The van der Waals surface area contributed by atoms with Gasteiger partial charge >= 0.3 is 0 Å². The quantitative estimate of drug-likeness (QED) is 0.862. The molecule has 21 heavy (non-hydrogen) atoms. The average Bonchev–Trinajstić information content (AvgIpc) is 3.19. The molecule has 7 heteroatoms. The molecule has 3 rings (SSSR count). The minimum Gasteiger partial charge on any atom is -0.470 e. The van der Waals surface area contributed by atoms with Crippen LogP contribution in [0.2, 0.25) is 0 Å². The molecule has 0 N–H and O–H groups in total. The van der Waals surface area contributed by atoms with Crippen LogP contribution >= 0.6 is 11.3 Å². The largest absolute Gasteiger partial charge is 0.470 e. The Morgan fingerprint density at radius 2 is 2.33 bits per heavy atom. The molecule has 0 bridgehead atoms. The SMILES string of the molecule is N#Cc1nccnc1O[C@@H]1CCN(C(=O)c2ccsc2)C1. The smallest absolute Gasteiger partial charge is 0.254 e. The number of likely N-dealkylation sites (tertiary alicyclic amines) is 1. The van der Waals surface area contributed by atoms with E-state index in [9.17, 15) is 4.79 Å². The number of hydrogen-bond donors (Lipinski definition) is 0. The Kier molecular flexibility index (Phi) is 3.79. The fourth-order valence-electron chi connectivity index (χ4n) is 2.22. The highest BCUT2D eigenvalue weighted by Crippen LogP contribution is 2.20. The molecule has 0 aromatic carbocycles. The van der Waals surface area contributed by atoms with Crippen molar-refractivity contribution in [3.63, 3.8) is 0 Å². The Morgan fingerprint density at radius 3 is 3.10 bits per heavy atom. The maximum absolute atomic E-state index is 12.2. The van der Waals surface area contributed by atoms with Gasteiger partial charge in [-0.1, -0.05) is 0 Å². The first-order valence-corrected chi connectivity index (χ1v) is 7.41. The van der Waals surface area contributed by atoms with E-state index in [1.807, 2.05) is 22.9 Å². The van der Waals surface area contributed by atoms with Gasteiger partial charge in [0, 0.05) is 30.7 Å². The van der Waals surface area contributed by atoms with Crippen LogP contribution in [0.15, 0.2) is 29.2 Å². The van der Waals surface area contributed by atoms with Crippen LogP contribution in [0.5, 0.6) is 5.88 Å². The molecule has 1 atom stereocenters. The van der Waals surface area contributed by atoms with Gasteiger partial charge in [-0.3, -0.25) is 4.79 Å². The molecule has 2 aromatic heterocycles. The van der Waals surface area contributed by atoms with Crippen molar-refractivity contribution in [1.82, 2.24) is 14.9 Å². The van der Waals surface area contributed by atoms with Gasteiger partial charge in [0.25, 0.3) is 11.8 Å². The Morgan fingerprint density at radius 1 is 1.48 bits per heavy atom. The molecule has 0 aliphatic carbocycles. The second-order valence-corrected chi connectivity index (χ2v) is 5.39. The number of hydrogen-bond acceptors (Lipinski definition) is 6. The number of thiophene rings is 1. The van der Waals surface area contributed by atoms with Gasteiger partial charge < -0.3 is 9.64 Å². The van der Waals surface area contributed by atoms with Gasteiger partial charge in [-0.15, -0.1) is 0 Å². The molecular formula is C14H12N4O2S. The van der Waals surface area contributed by atoms with Crippen LogP contribution in [0.3, 0.4) is 0 Å². The van der Waals surface area contributed by atoms with Gasteiger partial charge in [0.1, 0.15) is 12.2 Å². The summed E-state index contributed by atoms with van der Waals surface area (Å²) in [6, 6.07) is 3.77. The van der Waals surface area contributed by atoms with Crippen molar-refractivity contribution in [2.45, 2.75) is 12.5 Å². The summed E-state index contributed by atoms with van der Waals surface area (Å²) < 4.78 is 5.71. The Hall–Kier alpha value is -2.46. The van der Waals surface area contributed by atoms with E-state index in [1.165, 1.54) is 23.7 Å². The minimum atomic E-state index is -0.156. The molecule has 0 saturated carbocycles. The zero-order valence-electron chi connectivity index (χ0n) is 11.1. The van der Waals surface area contributed by atoms with Crippen LogP contribution in [0.25, 0.3) is 0 Å². The summed E-state index contributed by atoms with van der Waals surface area (Å²) in [4.78, 5) is 21.9. The lowest BCUT2D eigenvalue weighted by molar-refractivity contribution is 0.0771. The maximum Gasteiger partial charge on any atom is 0.254 e. The second kappa shape index (κ2) is 5.89. The number of nitriles is 1. The molecule has 2 aromatic rings. The molecule has 0 unspecified atom stereocenters. The Labute approximate surface area is 125 Å². The molecule has 1 saturated heterocycles. The lowest BCUT2D eigenvalue weighted by Gasteiger charge is -2.16. The lowest BCUT2D eigenvalue weighted by Crippen LogP contribution is -2.30. The van der Waals surface area contributed by atoms with Gasteiger partial charge in [0.15, 0.2) is 0 Å². The van der Waals surface area contributed by atoms with Crippen LogP contribution in [-0.2, 0) is 0 Å².